The van der Waals surface area contributed by atoms with Gasteiger partial charge in [-0.3, -0.25) is 9.20 Å². The topological polar surface area (TPSA) is 64.2 Å². The maximum Gasteiger partial charge on any atom is 0.270 e. The molecule has 6 heteroatoms. The van der Waals surface area contributed by atoms with Gasteiger partial charge in [0.05, 0.1) is 5.69 Å². The van der Waals surface area contributed by atoms with Gasteiger partial charge in [0.2, 0.25) is 0 Å². The molecule has 0 aliphatic carbocycles. The number of benzene rings is 1. The molecule has 0 spiro atoms. The van der Waals surface area contributed by atoms with Gasteiger partial charge in [-0.1, -0.05) is 36.4 Å². The number of carbonyl (C=O) groups is 1. The molecule has 1 N–H and O–H groups in total. The Balaban J connectivity index is 1.38. The molecule has 0 fully saturated rings. The number of amides is 1. The number of hydrogen-bond acceptors (Lipinski definition) is 3. The standard InChI is InChI=1S/C21H21N5O/c1-16-19(26-14-6-5-10-18(26)24-16)21(27)23-11-7-13-25-15-12-22-20(25)17-8-3-2-4-9-17/h2-6,8-10,12,14-15H,7,11,13H2,1H3,(H,23,27). The molecule has 27 heavy (non-hydrogen) atoms. The van der Waals surface area contributed by atoms with Crippen molar-refractivity contribution in [3.05, 3.63) is 78.5 Å². The number of imidazole rings is 2. The molecule has 1 aromatic carbocycles. The molecule has 6 nitrogen and oxygen atoms in total. The van der Waals surface area contributed by atoms with Crippen LogP contribution in [0.25, 0.3) is 17.0 Å². The van der Waals surface area contributed by atoms with Gasteiger partial charge >= 0.3 is 0 Å². The normalized spacial score (nSPS) is 11.0. The van der Waals surface area contributed by atoms with Gasteiger partial charge in [-0.2, -0.15) is 0 Å². The van der Waals surface area contributed by atoms with E-state index in [0.29, 0.717) is 12.2 Å². The summed E-state index contributed by atoms with van der Waals surface area (Å²) in [5.41, 5.74) is 3.21. The van der Waals surface area contributed by atoms with Crippen LogP contribution in [0.5, 0.6) is 0 Å². The first-order chi connectivity index (χ1) is 13.2. The fourth-order valence-corrected chi connectivity index (χ4v) is 3.26. The Bertz CT molecular complexity index is 1060. The van der Waals surface area contributed by atoms with Crippen LogP contribution in [0.3, 0.4) is 0 Å². The lowest BCUT2D eigenvalue weighted by Crippen LogP contribution is -2.27. The molecule has 0 unspecified atom stereocenters. The van der Waals surface area contributed by atoms with E-state index in [1.165, 1.54) is 0 Å². The average molecular weight is 359 g/mol. The molecule has 0 saturated heterocycles. The fraction of sp³-hybridized carbons (Fsp3) is 0.190. The molecule has 0 aliphatic rings. The molecule has 3 aromatic heterocycles. The zero-order chi connectivity index (χ0) is 18.6. The Labute approximate surface area is 157 Å². The van der Waals surface area contributed by atoms with Crippen LogP contribution in [0.2, 0.25) is 0 Å². The first-order valence-corrected chi connectivity index (χ1v) is 9.02. The van der Waals surface area contributed by atoms with E-state index in [1.54, 1.807) is 0 Å². The summed E-state index contributed by atoms with van der Waals surface area (Å²) < 4.78 is 3.94. The Morgan fingerprint density at radius 3 is 2.74 bits per heavy atom. The molecule has 0 aliphatic heterocycles. The minimum atomic E-state index is -0.0971. The highest BCUT2D eigenvalue weighted by molar-refractivity contribution is 5.94. The van der Waals surface area contributed by atoms with E-state index in [0.717, 1.165) is 35.7 Å². The smallest absolute Gasteiger partial charge is 0.270 e. The molecule has 1 amide bonds. The van der Waals surface area contributed by atoms with E-state index in [4.69, 9.17) is 0 Å². The van der Waals surface area contributed by atoms with Crippen molar-refractivity contribution in [2.24, 2.45) is 0 Å². The van der Waals surface area contributed by atoms with E-state index in [1.807, 2.05) is 78.4 Å². The summed E-state index contributed by atoms with van der Waals surface area (Å²) in [4.78, 5) is 21.5. The number of pyridine rings is 1. The molecule has 0 saturated carbocycles. The van der Waals surface area contributed by atoms with Gasteiger partial charge < -0.3 is 9.88 Å². The second kappa shape index (κ2) is 7.45. The summed E-state index contributed by atoms with van der Waals surface area (Å²) in [6.45, 7) is 3.24. The Morgan fingerprint density at radius 1 is 1.07 bits per heavy atom. The summed E-state index contributed by atoms with van der Waals surface area (Å²) in [7, 11) is 0. The number of aromatic nitrogens is 4. The van der Waals surface area contributed by atoms with Gasteiger partial charge in [0, 0.05) is 37.2 Å². The Hall–Kier alpha value is -3.41. The molecule has 136 valence electrons. The van der Waals surface area contributed by atoms with E-state index < -0.39 is 0 Å². The maximum atomic E-state index is 12.6. The van der Waals surface area contributed by atoms with Crippen LogP contribution in [0.1, 0.15) is 22.6 Å². The van der Waals surface area contributed by atoms with Crippen molar-refractivity contribution in [3.8, 4) is 11.4 Å². The molecule has 0 radical (unpaired) electrons. The summed E-state index contributed by atoms with van der Waals surface area (Å²) >= 11 is 0. The van der Waals surface area contributed by atoms with Crippen LogP contribution in [-0.4, -0.2) is 31.4 Å². The molecule has 0 atom stereocenters. The minimum Gasteiger partial charge on any atom is -0.351 e. The van der Waals surface area contributed by atoms with E-state index in [2.05, 4.69) is 19.9 Å². The minimum absolute atomic E-state index is 0.0971. The highest BCUT2D eigenvalue weighted by Crippen LogP contribution is 2.17. The zero-order valence-electron chi connectivity index (χ0n) is 15.2. The second-order valence-corrected chi connectivity index (χ2v) is 6.39. The number of hydrogen-bond donors (Lipinski definition) is 1. The third kappa shape index (κ3) is 3.46. The van der Waals surface area contributed by atoms with Crippen molar-refractivity contribution >= 4 is 11.6 Å². The fourth-order valence-electron chi connectivity index (χ4n) is 3.26. The largest absolute Gasteiger partial charge is 0.351 e. The van der Waals surface area contributed by atoms with Crippen LogP contribution in [-0.2, 0) is 6.54 Å². The van der Waals surface area contributed by atoms with Crippen molar-refractivity contribution in [1.29, 1.82) is 0 Å². The summed E-state index contributed by atoms with van der Waals surface area (Å²) in [6.07, 6.45) is 6.46. The van der Waals surface area contributed by atoms with Gasteiger partial charge in [-0.25, -0.2) is 9.97 Å². The third-order valence-electron chi connectivity index (χ3n) is 4.53. The van der Waals surface area contributed by atoms with Gasteiger partial charge in [-0.15, -0.1) is 0 Å². The number of aryl methyl sites for hydroxylation is 2. The van der Waals surface area contributed by atoms with Crippen LogP contribution >= 0.6 is 0 Å². The Kier molecular flexibility index (Phi) is 4.70. The monoisotopic (exact) mass is 359 g/mol. The van der Waals surface area contributed by atoms with E-state index in [-0.39, 0.29) is 5.91 Å². The van der Waals surface area contributed by atoms with Crippen LogP contribution in [0.4, 0.5) is 0 Å². The number of rotatable bonds is 6. The molecule has 3 heterocycles. The average Bonchev–Trinajstić information content (AvgIpc) is 3.29. The van der Waals surface area contributed by atoms with Gasteiger partial charge in [0.15, 0.2) is 0 Å². The Morgan fingerprint density at radius 2 is 1.89 bits per heavy atom. The van der Waals surface area contributed by atoms with Crippen molar-refractivity contribution < 1.29 is 4.79 Å². The molecule has 0 bridgehead atoms. The van der Waals surface area contributed by atoms with Gasteiger partial charge in [0.25, 0.3) is 5.91 Å². The van der Waals surface area contributed by atoms with Gasteiger partial charge in [0.1, 0.15) is 17.2 Å². The van der Waals surface area contributed by atoms with Crippen molar-refractivity contribution in [2.75, 3.05) is 6.54 Å². The molecule has 4 rings (SSSR count). The first-order valence-electron chi connectivity index (χ1n) is 9.02. The number of fused-ring (bicyclic) bond motifs is 1. The highest BCUT2D eigenvalue weighted by Gasteiger charge is 2.15. The molecular formula is C21H21N5O. The lowest BCUT2D eigenvalue weighted by Gasteiger charge is -2.09. The predicted octanol–water partition coefficient (Wildman–Crippen LogP) is 3.33. The summed E-state index contributed by atoms with van der Waals surface area (Å²) in [5.74, 6) is 0.847. The maximum absolute atomic E-state index is 12.6. The number of nitrogens with one attached hydrogen (secondary N) is 1. The van der Waals surface area contributed by atoms with Crippen molar-refractivity contribution in [2.45, 2.75) is 19.9 Å². The lowest BCUT2D eigenvalue weighted by atomic mass is 10.2. The van der Waals surface area contributed by atoms with Crippen LogP contribution in [0, 0.1) is 6.92 Å². The quantitative estimate of drug-likeness (QED) is 0.537. The predicted molar refractivity (Wildman–Crippen MR) is 105 cm³/mol. The van der Waals surface area contributed by atoms with Crippen molar-refractivity contribution in [3.63, 3.8) is 0 Å². The third-order valence-corrected chi connectivity index (χ3v) is 4.53. The van der Waals surface area contributed by atoms with E-state index in [9.17, 15) is 4.79 Å². The number of nitrogens with zero attached hydrogens (tertiary/aromatic N) is 4. The lowest BCUT2D eigenvalue weighted by molar-refractivity contribution is 0.0946. The highest BCUT2D eigenvalue weighted by atomic mass is 16.1. The van der Waals surface area contributed by atoms with Gasteiger partial charge in [-0.05, 0) is 25.5 Å². The SMILES string of the molecule is Cc1nc2ccccn2c1C(=O)NCCCn1ccnc1-c1ccccc1. The molecular weight excluding hydrogens is 338 g/mol. The number of carbonyl (C=O) groups excluding carboxylic acids is 1. The second-order valence-electron chi connectivity index (χ2n) is 6.39. The zero-order valence-corrected chi connectivity index (χ0v) is 15.2. The first kappa shape index (κ1) is 17.0. The van der Waals surface area contributed by atoms with E-state index >= 15 is 0 Å². The van der Waals surface area contributed by atoms with Crippen LogP contribution < -0.4 is 5.32 Å². The summed E-state index contributed by atoms with van der Waals surface area (Å²) in [6, 6.07) is 15.8. The molecule has 4 aromatic rings. The van der Waals surface area contributed by atoms with Crippen LogP contribution in [0.15, 0.2) is 67.1 Å². The summed E-state index contributed by atoms with van der Waals surface area (Å²) in [5, 5.41) is 3.01. The van der Waals surface area contributed by atoms with Crippen molar-refractivity contribution in [1.82, 2.24) is 24.3 Å².